The van der Waals surface area contributed by atoms with Crippen LogP contribution in [0, 0.1) is 0 Å². The highest BCUT2D eigenvalue weighted by molar-refractivity contribution is 7.99. The molecule has 0 spiro atoms. The zero-order valence-electron chi connectivity index (χ0n) is 9.53. The fourth-order valence-electron chi connectivity index (χ4n) is 1.42. The van der Waals surface area contributed by atoms with Crippen LogP contribution >= 0.6 is 11.8 Å². The number of amides is 1. The van der Waals surface area contributed by atoms with E-state index in [1.807, 2.05) is 12.1 Å². The molecule has 0 saturated heterocycles. The highest BCUT2D eigenvalue weighted by atomic mass is 32.2. The molecule has 0 heterocycles. The average Bonchev–Trinajstić information content (AvgIpc) is 2.26. The van der Waals surface area contributed by atoms with Gasteiger partial charge in [-0.2, -0.15) is 0 Å². The van der Waals surface area contributed by atoms with Crippen LogP contribution in [0.4, 0.5) is 5.69 Å². The van der Waals surface area contributed by atoms with E-state index in [0.717, 1.165) is 10.6 Å². The molecule has 0 unspecified atom stereocenters. The van der Waals surface area contributed by atoms with Crippen LogP contribution in [0.2, 0.25) is 0 Å². The SMILES string of the molecule is CCCCCSc1cccc(C(N)=O)c1N. The minimum atomic E-state index is -0.464. The number of hydrogen-bond acceptors (Lipinski definition) is 3. The van der Waals surface area contributed by atoms with E-state index in [1.54, 1.807) is 17.8 Å². The maximum atomic E-state index is 11.1. The first-order chi connectivity index (χ1) is 7.66. The lowest BCUT2D eigenvalue weighted by Crippen LogP contribution is -2.13. The normalized spacial score (nSPS) is 10.3. The second-order valence-corrected chi connectivity index (χ2v) is 4.77. The summed E-state index contributed by atoms with van der Waals surface area (Å²) in [5.74, 6) is 0.564. The molecule has 4 heteroatoms. The summed E-state index contributed by atoms with van der Waals surface area (Å²) in [6.45, 7) is 2.17. The van der Waals surface area contributed by atoms with Gasteiger partial charge in [-0.3, -0.25) is 4.79 Å². The summed E-state index contributed by atoms with van der Waals surface area (Å²) in [5.41, 5.74) is 12.0. The number of rotatable bonds is 6. The Balaban J connectivity index is 2.66. The maximum absolute atomic E-state index is 11.1. The molecule has 0 fully saturated rings. The van der Waals surface area contributed by atoms with Gasteiger partial charge in [-0.1, -0.05) is 25.8 Å². The van der Waals surface area contributed by atoms with E-state index in [2.05, 4.69) is 6.92 Å². The summed E-state index contributed by atoms with van der Waals surface area (Å²) in [7, 11) is 0. The Bertz CT molecular complexity index is 366. The van der Waals surface area contributed by atoms with Gasteiger partial charge in [-0.25, -0.2) is 0 Å². The third kappa shape index (κ3) is 3.45. The van der Waals surface area contributed by atoms with Crippen LogP contribution in [0.5, 0.6) is 0 Å². The molecule has 0 saturated carbocycles. The van der Waals surface area contributed by atoms with Crippen LogP contribution < -0.4 is 11.5 Å². The smallest absolute Gasteiger partial charge is 0.250 e. The molecule has 1 aromatic carbocycles. The van der Waals surface area contributed by atoms with Crippen molar-refractivity contribution in [3.05, 3.63) is 23.8 Å². The van der Waals surface area contributed by atoms with E-state index in [1.165, 1.54) is 19.3 Å². The molecule has 0 aliphatic carbocycles. The van der Waals surface area contributed by atoms with E-state index < -0.39 is 5.91 Å². The summed E-state index contributed by atoms with van der Waals surface area (Å²) in [6.07, 6.45) is 3.60. The monoisotopic (exact) mass is 238 g/mol. The maximum Gasteiger partial charge on any atom is 0.250 e. The second-order valence-electron chi connectivity index (χ2n) is 3.64. The molecular weight excluding hydrogens is 220 g/mol. The van der Waals surface area contributed by atoms with E-state index in [0.29, 0.717) is 11.3 Å². The lowest BCUT2D eigenvalue weighted by molar-refractivity contribution is 0.100. The largest absolute Gasteiger partial charge is 0.397 e. The Morgan fingerprint density at radius 1 is 1.38 bits per heavy atom. The molecule has 0 aliphatic rings. The van der Waals surface area contributed by atoms with Crippen molar-refractivity contribution in [3.63, 3.8) is 0 Å². The number of nitrogens with two attached hydrogens (primary N) is 2. The summed E-state index contributed by atoms with van der Waals surface area (Å²) in [5, 5.41) is 0. The van der Waals surface area contributed by atoms with Gasteiger partial charge < -0.3 is 11.5 Å². The first-order valence-electron chi connectivity index (χ1n) is 5.48. The molecule has 4 N–H and O–H groups in total. The van der Waals surface area contributed by atoms with Crippen molar-refractivity contribution in [2.24, 2.45) is 5.73 Å². The number of unbranched alkanes of at least 4 members (excludes halogenated alkanes) is 2. The summed E-state index contributed by atoms with van der Waals surface area (Å²) in [4.78, 5) is 12.0. The second kappa shape index (κ2) is 6.43. The Labute approximate surface area is 101 Å². The van der Waals surface area contributed by atoms with Crippen molar-refractivity contribution >= 4 is 23.4 Å². The van der Waals surface area contributed by atoms with Crippen LogP contribution in [0.15, 0.2) is 23.1 Å². The highest BCUT2D eigenvalue weighted by Gasteiger charge is 2.09. The fourth-order valence-corrected chi connectivity index (χ4v) is 2.43. The molecule has 16 heavy (non-hydrogen) atoms. The third-order valence-corrected chi connectivity index (χ3v) is 3.50. The lowest BCUT2D eigenvalue weighted by atomic mass is 10.2. The van der Waals surface area contributed by atoms with Crippen molar-refractivity contribution in [1.82, 2.24) is 0 Å². The number of carbonyl (C=O) groups is 1. The molecule has 88 valence electrons. The summed E-state index contributed by atoms with van der Waals surface area (Å²) >= 11 is 1.69. The zero-order chi connectivity index (χ0) is 12.0. The first kappa shape index (κ1) is 12.9. The van der Waals surface area contributed by atoms with E-state index >= 15 is 0 Å². The highest BCUT2D eigenvalue weighted by Crippen LogP contribution is 2.28. The first-order valence-corrected chi connectivity index (χ1v) is 6.46. The van der Waals surface area contributed by atoms with E-state index in [-0.39, 0.29) is 0 Å². The van der Waals surface area contributed by atoms with Crippen LogP contribution in [0.25, 0.3) is 0 Å². The minimum Gasteiger partial charge on any atom is -0.397 e. The van der Waals surface area contributed by atoms with Crippen LogP contribution in [-0.2, 0) is 0 Å². The van der Waals surface area contributed by atoms with Gasteiger partial charge in [0.25, 0.3) is 5.91 Å². The van der Waals surface area contributed by atoms with Crippen molar-refractivity contribution in [2.45, 2.75) is 31.1 Å². The van der Waals surface area contributed by atoms with Crippen molar-refractivity contribution in [3.8, 4) is 0 Å². The van der Waals surface area contributed by atoms with Crippen molar-refractivity contribution in [2.75, 3.05) is 11.5 Å². The quantitative estimate of drug-likeness (QED) is 0.455. The standard InChI is InChI=1S/C12H18N2OS/c1-2-3-4-8-16-10-7-5-6-9(11(10)13)12(14)15/h5-7H,2-4,8,13H2,1H3,(H2,14,15). The number of nitrogen functional groups attached to an aromatic ring is 1. The minimum absolute atomic E-state index is 0.417. The number of anilines is 1. The zero-order valence-corrected chi connectivity index (χ0v) is 10.3. The number of hydrogen-bond donors (Lipinski definition) is 2. The molecular formula is C12H18N2OS. The number of carbonyl (C=O) groups excluding carboxylic acids is 1. The van der Waals surface area contributed by atoms with E-state index in [9.17, 15) is 4.79 Å². The molecule has 0 aromatic heterocycles. The number of benzene rings is 1. The molecule has 0 atom stereocenters. The topological polar surface area (TPSA) is 69.1 Å². The van der Waals surface area contributed by atoms with Crippen LogP contribution in [-0.4, -0.2) is 11.7 Å². The Kier molecular flexibility index (Phi) is 5.19. The summed E-state index contributed by atoms with van der Waals surface area (Å²) in [6, 6.07) is 5.41. The van der Waals surface area contributed by atoms with Gasteiger partial charge in [0.1, 0.15) is 0 Å². The molecule has 0 bridgehead atoms. The van der Waals surface area contributed by atoms with Crippen LogP contribution in [0.3, 0.4) is 0 Å². The molecule has 1 rings (SSSR count). The van der Waals surface area contributed by atoms with Gasteiger partial charge >= 0.3 is 0 Å². The van der Waals surface area contributed by atoms with Crippen molar-refractivity contribution < 1.29 is 4.79 Å². The molecule has 1 amide bonds. The van der Waals surface area contributed by atoms with Crippen molar-refractivity contribution in [1.29, 1.82) is 0 Å². The Morgan fingerprint density at radius 2 is 2.12 bits per heavy atom. The number of para-hydroxylation sites is 1. The molecule has 1 aromatic rings. The van der Waals surface area contributed by atoms with Gasteiger partial charge in [0, 0.05) is 4.90 Å². The lowest BCUT2D eigenvalue weighted by Gasteiger charge is -2.08. The average molecular weight is 238 g/mol. The Morgan fingerprint density at radius 3 is 2.75 bits per heavy atom. The predicted octanol–water partition coefficient (Wildman–Crippen LogP) is 2.65. The predicted molar refractivity (Wildman–Crippen MR) is 69.6 cm³/mol. The van der Waals surface area contributed by atoms with Crippen LogP contribution in [0.1, 0.15) is 36.5 Å². The molecule has 3 nitrogen and oxygen atoms in total. The van der Waals surface area contributed by atoms with Gasteiger partial charge in [-0.15, -0.1) is 11.8 Å². The Hall–Kier alpha value is -1.16. The molecule has 0 radical (unpaired) electrons. The van der Waals surface area contributed by atoms with Gasteiger partial charge in [0.05, 0.1) is 11.3 Å². The third-order valence-electron chi connectivity index (χ3n) is 2.34. The van der Waals surface area contributed by atoms with Gasteiger partial charge in [0.2, 0.25) is 0 Å². The van der Waals surface area contributed by atoms with E-state index in [4.69, 9.17) is 11.5 Å². The van der Waals surface area contributed by atoms with Gasteiger partial charge in [0.15, 0.2) is 0 Å². The number of thioether (sulfide) groups is 1. The number of primary amides is 1. The fraction of sp³-hybridized carbons (Fsp3) is 0.417. The van der Waals surface area contributed by atoms with Gasteiger partial charge in [-0.05, 0) is 24.3 Å². The summed E-state index contributed by atoms with van der Waals surface area (Å²) < 4.78 is 0. The molecule has 0 aliphatic heterocycles.